The molecule has 22 heavy (non-hydrogen) atoms. The highest BCUT2D eigenvalue weighted by Crippen LogP contribution is 2.32. The number of carbonyl (C=O) groups excluding carboxylic acids is 1. The standard InChI is InChI=1S/C16H17FN2O2.ClH/c17-12-4-2-1-3-11(12)14-7-8-15(21-14)16(20)19-13(9-18)10-5-6-10;/h1-4,7-8,10,13H,5-6,9,18H2,(H,19,20);1H. The van der Waals surface area contributed by atoms with Crippen molar-refractivity contribution in [1.82, 2.24) is 5.32 Å². The quantitative estimate of drug-likeness (QED) is 0.888. The molecule has 1 saturated carbocycles. The fourth-order valence-electron chi connectivity index (χ4n) is 2.37. The summed E-state index contributed by atoms with van der Waals surface area (Å²) < 4.78 is 19.2. The average Bonchev–Trinajstić information content (AvgIpc) is 3.21. The molecular weight excluding hydrogens is 307 g/mol. The largest absolute Gasteiger partial charge is 0.451 e. The van der Waals surface area contributed by atoms with Crippen LogP contribution in [0.2, 0.25) is 0 Å². The molecule has 1 aliphatic carbocycles. The van der Waals surface area contributed by atoms with Crippen LogP contribution in [0.3, 0.4) is 0 Å². The van der Waals surface area contributed by atoms with Gasteiger partial charge < -0.3 is 15.5 Å². The van der Waals surface area contributed by atoms with E-state index in [1.54, 1.807) is 30.3 Å². The molecular formula is C16H18ClFN2O2. The number of benzene rings is 1. The van der Waals surface area contributed by atoms with Crippen LogP contribution >= 0.6 is 12.4 Å². The lowest BCUT2D eigenvalue weighted by Crippen LogP contribution is -2.41. The highest BCUT2D eigenvalue weighted by molar-refractivity contribution is 5.92. The van der Waals surface area contributed by atoms with Gasteiger partial charge in [0.25, 0.3) is 5.91 Å². The summed E-state index contributed by atoms with van der Waals surface area (Å²) in [4.78, 5) is 12.1. The van der Waals surface area contributed by atoms with Crippen LogP contribution in [0.4, 0.5) is 4.39 Å². The number of halogens is 2. The Morgan fingerprint density at radius 2 is 2.05 bits per heavy atom. The maximum absolute atomic E-state index is 13.7. The summed E-state index contributed by atoms with van der Waals surface area (Å²) in [5.74, 6) is 0.304. The van der Waals surface area contributed by atoms with Crippen LogP contribution < -0.4 is 11.1 Å². The van der Waals surface area contributed by atoms with Crippen LogP contribution in [-0.2, 0) is 0 Å². The summed E-state index contributed by atoms with van der Waals surface area (Å²) in [6.45, 7) is 0.414. The third-order valence-corrected chi connectivity index (χ3v) is 3.73. The Morgan fingerprint density at radius 1 is 1.32 bits per heavy atom. The minimum absolute atomic E-state index is 0. The van der Waals surface area contributed by atoms with Gasteiger partial charge in [-0.3, -0.25) is 4.79 Å². The monoisotopic (exact) mass is 324 g/mol. The molecule has 1 unspecified atom stereocenters. The van der Waals surface area contributed by atoms with E-state index in [4.69, 9.17) is 10.2 Å². The zero-order valence-electron chi connectivity index (χ0n) is 11.9. The van der Waals surface area contributed by atoms with E-state index in [0.29, 0.717) is 23.8 Å². The van der Waals surface area contributed by atoms with Gasteiger partial charge in [0.15, 0.2) is 5.76 Å². The fraction of sp³-hybridized carbons (Fsp3) is 0.312. The molecule has 1 atom stereocenters. The molecule has 0 bridgehead atoms. The SMILES string of the molecule is Cl.NCC(NC(=O)c1ccc(-c2ccccc2F)o1)C1CC1. The van der Waals surface area contributed by atoms with E-state index in [2.05, 4.69) is 5.32 Å². The van der Waals surface area contributed by atoms with Crippen LogP contribution in [0.25, 0.3) is 11.3 Å². The minimum Gasteiger partial charge on any atom is -0.451 e. The lowest BCUT2D eigenvalue weighted by Gasteiger charge is -2.14. The summed E-state index contributed by atoms with van der Waals surface area (Å²) in [5, 5.41) is 2.87. The predicted molar refractivity (Wildman–Crippen MR) is 84.4 cm³/mol. The molecule has 118 valence electrons. The molecule has 3 N–H and O–H groups in total. The number of furan rings is 1. The number of hydrogen-bond donors (Lipinski definition) is 2. The Balaban J connectivity index is 0.00000176. The third kappa shape index (κ3) is 3.48. The van der Waals surface area contributed by atoms with Crippen LogP contribution in [-0.4, -0.2) is 18.5 Å². The number of rotatable bonds is 5. The minimum atomic E-state index is -0.378. The van der Waals surface area contributed by atoms with Crippen LogP contribution in [0.1, 0.15) is 23.4 Å². The number of carbonyl (C=O) groups is 1. The Morgan fingerprint density at radius 3 is 2.68 bits per heavy atom. The number of nitrogens with one attached hydrogen (secondary N) is 1. The predicted octanol–water partition coefficient (Wildman–Crippen LogP) is 2.97. The molecule has 1 aromatic carbocycles. The summed E-state index contributed by atoms with van der Waals surface area (Å²) in [6.07, 6.45) is 2.20. The van der Waals surface area contributed by atoms with E-state index >= 15 is 0 Å². The lowest BCUT2D eigenvalue weighted by molar-refractivity contribution is 0.0906. The van der Waals surface area contributed by atoms with E-state index < -0.39 is 0 Å². The van der Waals surface area contributed by atoms with Crippen molar-refractivity contribution in [2.75, 3.05) is 6.54 Å². The molecule has 1 aromatic heterocycles. The van der Waals surface area contributed by atoms with Gasteiger partial charge >= 0.3 is 0 Å². The average molecular weight is 325 g/mol. The van der Waals surface area contributed by atoms with Gasteiger partial charge in [-0.15, -0.1) is 12.4 Å². The van der Waals surface area contributed by atoms with Gasteiger partial charge in [-0.05, 0) is 43.0 Å². The first-order chi connectivity index (χ1) is 10.2. The number of amides is 1. The highest BCUT2D eigenvalue weighted by atomic mass is 35.5. The van der Waals surface area contributed by atoms with E-state index in [-0.39, 0.29) is 35.9 Å². The van der Waals surface area contributed by atoms with Gasteiger partial charge in [0.2, 0.25) is 0 Å². The molecule has 0 spiro atoms. The Hall–Kier alpha value is -1.85. The second-order valence-electron chi connectivity index (χ2n) is 5.30. The molecule has 1 aliphatic rings. The van der Waals surface area contributed by atoms with Crippen LogP contribution in [0, 0.1) is 11.7 Å². The van der Waals surface area contributed by atoms with Gasteiger partial charge in [0, 0.05) is 12.6 Å². The summed E-state index contributed by atoms with van der Waals surface area (Å²) in [7, 11) is 0. The van der Waals surface area contributed by atoms with Gasteiger partial charge in [-0.25, -0.2) is 4.39 Å². The topological polar surface area (TPSA) is 68.3 Å². The van der Waals surface area contributed by atoms with Gasteiger partial charge in [-0.1, -0.05) is 12.1 Å². The summed E-state index contributed by atoms with van der Waals surface area (Å²) >= 11 is 0. The van der Waals surface area contributed by atoms with Crippen molar-refractivity contribution in [3.8, 4) is 11.3 Å². The first-order valence-electron chi connectivity index (χ1n) is 7.04. The van der Waals surface area contributed by atoms with E-state index in [0.717, 1.165) is 12.8 Å². The molecule has 1 amide bonds. The Labute approximate surface area is 134 Å². The second kappa shape index (κ2) is 6.94. The second-order valence-corrected chi connectivity index (χ2v) is 5.30. The summed E-state index contributed by atoms with van der Waals surface area (Å²) in [6, 6.07) is 9.44. The molecule has 1 heterocycles. The van der Waals surface area contributed by atoms with Crippen molar-refractivity contribution < 1.29 is 13.6 Å². The summed E-state index contributed by atoms with van der Waals surface area (Å²) in [5.41, 5.74) is 6.00. The normalized spacial score (nSPS) is 15.0. The molecule has 3 rings (SSSR count). The van der Waals surface area contributed by atoms with Crippen molar-refractivity contribution in [3.05, 3.63) is 48.0 Å². The highest BCUT2D eigenvalue weighted by Gasteiger charge is 2.31. The van der Waals surface area contributed by atoms with Crippen LogP contribution in [0.5, 0.6) is 0 Å². The Bertz CT molecular complexity index is 655. The molecule has 6 heteroatoms. The number of nitrogens with two attached hydrogens (primary N) is 1. The lowest BCUT2D eigenvalue weighted by atomic mass is 10.1. The van der Waals surface area contributed by atoms with E-state index in [9.17, 15) is 9.18 Å². The van der Waals surface area contributed by atoms with Gasteiger partial charge in [0.1, 0.15) is 11.6 Å². The maximum atomic E-state index is 13.7. The smallest absolute Gasteiger partial charge is 0.287 e. The first kappa shape index (κ1) is 16.5. The molecule has 4 nitrogen and oxygen atoms in total. The van der Waals surface area contributed by atoms with E-state index in [1.165, 1.54) is 6.07 Å². The van der Waals surface area contributed by atoms with Gasteiger partial charge in [0.05, 0.1) is 5.56 Å². The van der Waals surface area contributed by atoms with E-state index in [1.807, 2.05) is 0 Å². The molecule has 0 saturated heterocycles. The van der Waals surface area contributed by atoms with Crippen molar-refractivity contribution in [1.29, 1.82) is 0 Å². The third-order valence-electron chi connectivity index (χ3n) is 3.73. The van der Waals surface area contributed by atoms with Crippen LogP contribution in [0.15, 0.2) is 40.8 Å². The molecule has 0 aliphatic heterocycles. The fourth-order valence-corrected chi connectivity index (χ4v) is 2.37. The van der Waals surface area contributed by atoms with Crippen molar-refractivity contribution in [3.63, 3.8) is 0 Å². The Kier molecular flexibility index (Phi) is 5.21. The molecule has 2 aromatic rings. The van der Waals surface area contributed by atoms with Crippen molar-refractivity contribution in [2.24, 2.45) is 11.7 Å². The zero-order valence-corrected chi connectivity index (χ0v) is 12.7. The zero-order chi connectivity index (χ0) is 14.8. The van der Waals surface area contributed by atoms with Crippen molar-refractivity contribution >= 4 is 18.3 Å². The number of hydrogen-bond acceptors (Lipinski definition) is 3. The molecule has 0 radical (unpaired) electrons. The molecule has 1 fully saturated rings. The first-order valence-corrected chi connectivity index (χ1v) is 7.04. The van der Waals surface area contributed by atoms with Crippen molar-refractivity contribution in [2.45, 2.75) is 18.9 Å². The maximum Gasteiger partial charge on any atom is 0.287 e. The van der Waals surface area contributed by atoms with Gasteiger partial charge in [-0.2, -0.15) is 0 Å².